The fraction of sp³-hybridized carbons (Fsp3) is 0.485. The first-order valence-corrected chi connectivity index (χ1v) is 14.4. The van der Waals surface area contributed by atoms with E-state index in [1.807, 2.05) is 60.7 Å². The summed E-state index contributed by atoms with van der Waals surface area (Å²) in [4.78, 5) is 40.6. The molecular weight excluding hydrogens is 518 g/mol. The Hall–Kier alpha value is -3.65. The number of carbonyl (C=O) groups is 3. The Morgan fingerprint density at radius 3 is 2.17 bits per heavy atom. The first kappa shape index (κ1) is 31.9. The van der Waals surface area contributed by atoms with Crippen LogP contribution >= 0.6 is 0 Å². The molecule has 3 amide bonds. The van der Waals surface area contributed by atoms with E-state index in [2.05, 4.69) is 23.6 Å². The molecule has 0 bridgehead atoms. The maximum absolute atomic E-state index is 13.9. The molecule has 222 valence electrons. The van der Waals surface area contributed by atoms with Crippen molar-refractivity contribution in [2.45, 2.75) is 78.8 Å². The average molecular weight is 564 g/mol. The zero-order chi connectivity index (χ0) is 30.0. The number of alkyl carbamates (subject to hydrolysis) is 1. The molecule has 8 nitrogen and oxygen atoms in total. The number of rotatable bonds is 11. The summed E-state index contributed by atoms with van der Waals surface area (Å²) >= 11 is 0. The van der Waals surface area contributed by atoms with E-state index in [-0.39, 0.29) is 17.7 Å². The van der Waals surface area contributed by atoms with E-state index in [9.17, 15) is 14.4 Å². The summed E-state index contributed by atoms with van der Waals surface area (Å²) in [5.74, 6) is -0.673. The topological polar surface area (TPSA) is 97.0 Å². The molecule has 0 saturated carbocycles. The molecule has 1 heterocycles. The van der Waals surface area contributed by atoms with Crippen LogP contribution in [0.15, 0.2) is 72.3 Å². The second kappa shape index (κ2) is 14.8. The smallest absolute Gasteiger partial charge is 0.408 e. The van der Waals surface area contributed by atoms with Crippen LogP contribution in [-0.2, 0) is 32.1 Å². The van der Waals surface area contributed by atoms with Crippen molar-refractivity contribution in [3.05, 3.63) is 83.4 Å². The molecule has 2 N–H and O–H groups in total. The van der Waals surface area contributed by atoms with Gasteiger partial charge in [-0.05, 0) is 58.6 Å². The molecule has 0 spiro atoms. The largest absolute Gasteiger partial charge is 0.444 e. The van der Waals surface area contributed by atoms with Crippen molar-refractivity contribution >= 4 is 17.9 Å². The first-order chi connectivity index (χ1) is 19.4. The minimum Gasteiger partial charge on any atom is -0.444 e. The zero-order valence-electron chi connectivity index (χ0n) is 25.2. The van der Waals surface area contributed by atoms with Gasteiger partial charge in [0.15, 0.2) is 0 Å². The minimum atomic E-state index is -0.829. The van der Waals surface area contributed by atoms with Gasteiger partial charge in [-0.3, -0.25) is 9.59 Å². The lowest BCUT2D eigenvalue weighted by Gasteiger charge is -2.32. The molecule has 1 unspecified atom stereocenters. The predicted octanol–water partition coefficient (Wildman–Crippen LogP) is 5.23. The molecule has 3 rings (SSSR count). The predicted molar refractivity (Wildman–Crippen MR) is 160 cm³/mol. The number of carbonyl (C=O) groups excluding carboxylic acids is 3. The monoisotopic (exact) mass is 563 g/mol. The molecule has 2 aromatic carbocycles. The van der Waals surface area contributed by atoms with Gasteiger partial charge in [-0.1, -0.05) is 79.2 Å². The molecule has 41 heavy (non-hydrogen) atoms. The quantitative estimate of drug-likeness (QED) is 0.365. The van der Waals surface area contributed by atoms with Gasteiger partial charge < -0.3 is 25.0 Å². The molecule has 0 fully saturated rings. The van der Waals surface area contributed by atoms with Crippen molar-refractivity contribution < 1.29 is 23.9 Å². The number of nitrogens with one attached hydrogen (secondary N) is 2. The van der Waals surface area contributed by atoms with Crippen LogP contribution in [-0.4, -0.2) is 53.8 Å². The lowest BCUT2D eigenvalue weighted by Crippen LogP contribution is -2.55. The van der Waals surface area contributed by atoms with Crippen molar-refractivity contribution in [3.8, 4) is 0 Å². The van der Waals surface area contributed by atoms with E-state index in [1.54, 1.807) is 39.5 Å². The number of benzene rings is 2. The fourth-order valence-electron chi connectivity index (χ4n) is 4.79. The zero-order valence-corrected chi connectivity index (χ0v) is 25.2. The van der Waals surface area contributed by atoms with Gasteiger partial charge in [-0.15, -0.1) is 0 Å². The highest BCUT2D eigenvalue weighted by atomic mass is 16.6. The summed E-state index contributed by atoms with van der Waals surface area (Å²) in [6, 6.07) is 19.2. The highest BCUT2D eigenvalue weighted by molar-refractivity contribution is 5.86. The molecule has 1 aliphatic rings. The maximum Gasteiger partial charge on any atom is 0.408 e. The van der Waals surface area contributed by atoms with E-state index in [0.717, 1.165) is 11.1 Å². The lowest BCUT2D eigenvalue weighted by atomic mass is 9.92. The van der Waals surface area contributed by atoms with Crippen LogP contribution in [0.25, 0.3) is 0 Å². The molecule has 2 aromatic rings. The highest BCUT2D eigenvalue weighted by Crippen LogP contribution is 2.27. The van der Waals surface area contributed by atoms with Crippen LogP contribution in [0, 0.1) is 11.8 Å². The van der Waals surface area contributed by atoms with E-state index < -0.39 is 29.8 Å². The van der Waals surface area contributed by atoms with Gasteiger partial charge in [0.2, 0.25) is 11.8 Å². The minimum absolute atomic E-state index is 0.0400. The Kier molecular flexibility index (Phi) is 11.5. The second-order valence-electron chi connectivity index (χ2n) is 11.8. The van der Waals surface area contributed by atoms with Crippen LogP contribution in [0.5, 0.6) is 0 Å². The standard InChI is InChI=1S/C33H45N3O5/c1-23(21-40-22-27-15-11-8-12-16-27)28-17-18-36(31(38)29(20-28)19-26-13-9-7-10-14-26)25(3)35-30(37)24(2)34-32(39)41-33(4,5)6/h7-16,20,23-25,29H,17-19,21-22H2,1-6H3,(H,34,39)(H,35,37)/t23-,24-,25+,29?/m0/s1. The molecule has 0 aromatic heterocycles. The van der Waals surface area contributed by atoms with E-state index in [0.29, 0.717) is 32.6 Å². The summed E-state index contributed by atoms with van der Waals surface area (Å²) in [6.45, 7) is 12.3. The normalized spacial score (nSPS) is 18.0. The van der Waals surface area contributed by atoms with Gasteiger partial charge in [0.1, 0.15) is 17.8 Å². The van der Waals surface area contributed by atoms with Crippen LogP contribution in [0.3, 0.4) is 0 Å². The summed E-state index contributed by atoms with van der Waals surface area (Å²) < 4.78 is 11.3. The van der Waals surface area contributed by atoms with Crippen molar-refractivity contribution in [2.75, 3.05) is 13.2 Å². The second-order valence-corrected chi connectivity index (χ2v) is 11.8. The summed E-state index contributed by atoms with van der Waals surface area (Å²) in [5.41, 5.74) is 2.70. The lowest BCUT2D eigenvalue weighted by molar-refractivity contribution is -0.137. The van der Waals surface area contributed by atoms with Crippen molar-refractivity contribution in [1.82, 2.24) is 15.5 Å². The maximum atomic E-state index is 13.9. The van der Waals surface area contributed by atoms with E-state index in [1.165, 1.54) is 5.57 Å². The van der Waals surface area contributed by atoms with Crippen LogP contribution < -0.4 is 10.6 Å². The third-order valence-corrected chi connectivity index (χ3v) is 7.01. The summed E-state index contributed by atoms with van der Waals surface area (Å²) in [6.07, 6.45) is 2.12. The van der Waals surface area contributed by atoms with Crippen molar-refractivity contribution in [1.29, 1.82) is 0 Å². The third-order valence-electron chi connectivity index (χ3n) is 7.01. The van der Waals surface area contributed by atoms with Gasteiger partial charge >= 0.3 is 6.09 Å². The van der Waals surface area contributed by atoms with Gasteiger partial charge in [0.05, 0.1) is 19.1 Å². The SMILES string of the molecule is C[C@H](NC(=O)OC(C)(C)C)C(=O)N[C@@H](C)N1CCC([C@@H](C)COCc2ccccc2)=CC(Cc2ccccc2)C1=O. The van der Waals surface area contributed by atoms with Crippen LogP contribution in [0.2, 0.25) is 0 Å². The Morgan fingerprint density at radius 1 is 0.951 bits per heavy atom. The number of amides is 3. The molecule has 4 atom stereocenters. The summed E-state index contributed by atoms with van der Waals surface area (Å²) in [5, 5.41) is 5.47. The van der Waals surface area contributed by atoms with Gasteiger partial charge in [-0.25, -0.2) is 4.79 Å². The first-order valence-electron chi connectivity index (χ1n) is 14.4. The number of hydrogen-bond acceptors (Lipinski definition) is 5. The molecule has 8 heteroatoms. The number of ether oxygens (including phenoxy) is 2. The molecule has 1 aliphatic heterocycles. The Morgan fingerprint density at radius 2 is 1.56 bits per heavy atom. The van der Waals surface area contributed by atoms with Crippen LogP contribution in [0.4, 0.5) is 4.79 Å². The molecule has 0 saturated heterocycles. The van der Waals surface area contributed by atoms with Gasteiger partial charge in [0, 0.05) is 12.5 Å². The third kappa shape index (κ3) is 10.4. The van der Waals surface area contributed by atoms with Gasteiger partial charge in [-0.2, -0.15) is 0 Å². The van der Waals surface area contributed by atoms with E-state index in [4.69, 9.17) is 9.47 Å². The van der Waals surface area contributed by atoms with Gasteiger partial charge in [0.25, 0.3) is 0 Å². The number of nitrogens with zero attached hydrogens (tertiary/aromatic N) is 1. The Balaban J connectivity index is 1.68. The fourth-order valence-corrected chi connectivity index (χ4v) is 4.79. The van der Waals surface area contributed by atoms with Crippen molar-refractivity contribution in [3.63, 3.8) is 0 Å². The molecular formula is C33H45N3O5. The highest BCUT2D eigenvalue weighted by Gasteiger charge is 2.32. The average Bonchev–Trinajstić information content (AvgIpc) is 3.07. The van der Waals surface area contributed by atoms with E-state index >= 15 is 0 Å². The van der Waals surface area contributed by atoms with Crippen molar-refractivity contribution in [2.24, 2.45) is 11.8 Å². The Bertz CT molecular complexity index is 1180. The number of hydrogen-bond donors (Lipinski definition) is 2. The summed E-state index contributed by atoms with van der Waals surface area (Å²) in [7, 11) is 0. The molecule has 0 aliphatic carbocycles. The molecule has 0 radical (unpaired) electrons. The Labute approximate surface area is 244 Å². The van der Waals surface area contributed by atoms with Crippen LogP contribution in [0.1, 0.15) is 59.1 Å².